The van der Waals surface area contributed by atoms with Gasteiger partial charge in [-0.25, -0.2) is 0 Å². The molecule has 1 N–H and O–H groups in total. The maximum atomic E-state index is 12.8. The molecule has 1 aromatic rings. The van der Waals surface area contributed by atoms with Crippen LogP contribution in [0.15, 0.2) is 24.3 Å². The van der Waals surface area contributed by atoms with E-state index in [1.54, 1.807) is 6.92 Å². The van der Waals surface area contributed by atoms with Crippen molar-refractivity contribution in [2.45, 2.75) is 32.4 Å². The first-order valence-electron chi connectivity index (χ1n) is 7.97. The van der Waals surface area contributed by atoms with Gasteiger partial charge in [0.15, 0.2) is 0 Å². The maximum Gasteiger partial charge on any atom is 0.419 e. The van der Waals surface area contributed by atoms with Gasteiger partial charge in [0.2, 0.25) is 0 Å². The third-order valence-corrected chi connectivity index (χ3v) is 4.39. The van der Waals surface area contributed by atoms with Crippen LogP contribution in [0.3, 0.4) is 0 Å². The van der Waals surface area contributed by atoms with Gasteiger partial charge in [-0.3, -0.25) is 4.79 Å². The number of alkyl halides is 3. The average Bonchev–Trinajstić information content (AvgIpc) is 2.89. The maximum absolute atomic E-state index is 12.8. The zero-order valence-electron chi connectivity index (χ0n) is 13.6. The van der Waals surface area contributed by atoms with Crippen LogP contribution in [0.1, 0.15) is 31.7 Å². The fraction of sp³-hybridized carbons (Fsp3) is 0.588. The fourth-order valence-electron chi connectivity index (χ4n) is 2.87. The SMILES string of the molecule is CC1(C(=O)O)CCN(CCCCOc2ccccc2C(F)(F)F)C1. The van der Waals surface area contributed by atoms with E-state index in [9.17, 15) is 23.1 Å². The van der Waals surface area contributed by atoms with Crippen molar-refractivity contribution in [3.63, 3.8) is 0 Å². The molecule has 1 fully saturated rings. The molecule has 0 aromatic heterocycles. The molecule has 0 amide bonds. The summed E-state index contributed by atoms with van der Waals surface area (Å²) in [5.41, 5.74) is -1.45. The largest absolute Gasteiger partial charge is 0.493 e. The van der Waals surface area contributed by atoms with E-state index >= 15 is 0 Å². The summed E-state index contributed by atoms with van der Waals surface area (Å²) in [4.78, 5) is 13.3. The topological polar surface area (TPSA) is 49.8 Å². The van der Waals surface area contributed by atoms with Gasteiger partial charge in [-0.2, -0.15) is 13.2 Å². The Morgan fingerprint density at radius 2 is 2.04 bits per heavy atom. The molecule has 1 atom stereocenters. The van der Waals surface area contributed by atoms with Crippen molar-refractivity contribution in [1.82, 2.24) is 4.90 Å². The fourth-order valence-corrected chi connectivity index (χ4v) is 2.87. The summed E-state index contributed by atoms with van der Waals surface area (Å²) in [7, 11) is 0. The molecule has 7 heteroatoms. The Morgan fingerprint density at radius 1 is 1.33 bits per heavy atom. The van der Waals surface area contributed by atoms with Gasteiger partial charge in [-0.1, -0.05) is 12.1 Å². The molecule has 4 nitrogen and oxygen atoms in total. The van der Waals surface area contributed by atoms with Crippen LogP contribution in [0.2, 0.25) is 0 Å². The second-order valence-electron chi connectivity index (χ2n) is 6.44. The van der Waals surface area contributed by atoms with E-state index < -0.39 is 23.1 Å². The van der Waals surface area contributed by atoms with Gasteiger partial charge in [0.25, 0.3) is 0 Å². The molecule has 1 aromatic carbocycles. The summed E-state index contributed by atoms with van der Waals surface area (Å²) < 4.78 is 43.8. The lowest BCUT2D eigenvalue weighted by Gasteiger charge is -2.20. The Labute approximate surface area is 139 Å². The normalized spacial score (nSPS) is 21.8. The average molecular weight is 345 g/mol. The lowest BCUT2D eigenvalue weighted by Crippen LogP contribution is -2.32. The quantitative estimate of drug-likeness (QED) is 0.766. The molecule has 0 aliphatic carbocycles. The van der Waals surface area contributed by atoms with E-state index in [1.165, 1.54) is 18.2 Å². The minimum Gasteiger partial charge on any atom is -0.493 e. The highest BCUT2D eigenvalue weighted by Crippen LogP contribution is 2.36. The number of hydrogen-bond acceptors (Lipinski definition) is 3. The van der Waals surface area contributed by atoms with E-state index in [1.807, 2.05) is 0 Å². The van der Waals surface area contributed by atoms with E-state index in [0.717, 1.165) is 25.6 Å². The number of para-hydroxylation sites is 1. The first-order valence-corrected chi connectivity index (χ1v) is 7.97. The molecule has 0 spiro atoms. The summed E-state index contributed by atoms with van der Waals surface area (Å²) in [5, 5.41) is 9.18. The van der Waals surface area contributed by atoms with Crippen molar-refractivity contribution < 1.29 is 27.8 Å². The van der Waals surface area contributed by atoms with E-state index in [4.69, 9.17) is 4.74 Å². The number of carbonyl (C=O) groups is 1. The summed E-state index contributed by atoms with van der Waals surface area (Å²) in [6.45, 7) is 3.93. The number of hydrogen-bond donors (Lipinski definition) is 1. The van der Waals surface area contributed by atoms with Crippen LogP contribution in [0.5, 0.6) is 5.75 Å². The van der Waals surface area contributed by atoms with Crippen LogP contribution in [0, 0.1) is 5.41 Å². The smallest absolute Gasteiger partial charge is 0.419 e. The Hall–Kier alpha value is -1.76. The monoisotopic (exact) mass is 345 g/mol. The van der Waals surface area contributed by atoms with E-state index in [2.05, 4.69) is 4.90 Å². The van der Waals surface area contributed by atoms with Gasteiger partial charge in [-0.15, -0.1) is 0 Å². The zero-order valence-corrected chi connectivity index (χ0v) is 13.6. The van der Waals surface area contributed by atoms with Crippen molar-refractivity contribution in [1.29, 1.82) is 0 Å². The Morgan fingerprint density at radius 3 is 2.67 bits per heavy atom. The first kappa shape index (κ1) is 18.6. The molecule has 0 saturated carbocycles. The van der Waals surface area contributed by atoms with Crippen LogP contribution in [-0.2, 0) is 11.0 Å². The van der Waals surface area contributed by atoms with Crippen molar-refractivity contribution >= 4 is 5.97 Å². The summed E-state index contributed by atoms with van der Waals surface area (Å²) in [6.07, 6.45) is -2.43. The molecule has 1 heterocycles. The van der Waals surface area contributed by atoms with Crippen LogP contribution < -0.4 is 4.74 Å². The molecular formula is C17H22F3NO3. The first-order chi connectivity index (χ1) is 11.2. The van der Waals surface area contributed by atoms with E-state index in [0.29, 0.717) is 19.4 Å². The number of ether oxygens (including phenoxy) is 1. The van der Waals surface area contributed by atoms with Gasteiger partial charge in [0.1, 0.15) is 5.75 Å². The van der Waals surface area contributed by atoms with Crippen LogP contribution in [0.25, 0.3) is 0 Å². The number of benzene rings is 1. The molecule has 0 radical (unpaired) electrons. The highest BCUT2D eigenvalue weighted by Gasteiger charge is 2.40. The number of carboxylic acids is 1. The molecular weight excluding hydrogens is 323 g/mol. The Balaban J connectivity index is 1.73. The third-order valence-electron chi connectivity index (χ3n) is 4.39. The summed E-state index contributed by atoms with van der Waals surface area (Å²) >= 11 is 0. The lowest BCUT2D eigenvalue weighted by molar-refractivity contribution is -0.147. The molecule has 2 rings (SSSR count). The number of likely N-dealkylation sites (tertiary alicyclic amines) is 1. The van der Waals surface area contributed by atoms with Gasteiger partial charge in [0.05, 0.1) is 17.6 Å². The number of rotatable bonds is 7. The summed E-state index contributed by atoms with van der Waals surface area (Å²) in [6, 6.07) is 5.18. The minimum absolute atomic E-state index is 0.148. The number of nitrogens with zero attached hydrogens (tertiary/aromatic N) is 1. The van der Waals surface area contributed by atoms with Crippen molar-refractivity contribution in [3.8, 4) is 5.75 Å². The van der Waals surface area contributed by atoms with Gasteiger partial charge in [0, 0.05) is 6.54 Å². The number of halogens is 3. The van der Waals surface area contributed by atoms with E-state index in [-0.39, 0.29) is 12.4 Å². The number of carboxylic acid groups (broad SMARTS) is 1. The van der Waals surface area contributed by atoms with Crippen molar-refractivity contribution in [3.05, 3.63) is 29.8 Å². The summed E-state index contributed by atoms with van der Waals surface area (Å²) in [5.74, 6) is -0.929. The van der Waals surface area contributed by atoms with Gasteiger partial charge >= 0.3 is 12.1 Å². The standard InChI is InChI=1S/C17H22F3NO3/c1-16(15(22)23)8-10-21(12-16)9-4-5-11-24-14-7-3-2-6-13(14)17(18,19)20/h2-3,6-7H,4-5,8-12H2,1H3,(H,22,23). The van der Waals surface area contributed by atoms with Crippen LogP contribution >= 0.6 is 0 Å². The molecule has 0 bridgehead atoms. The van der Waals surface area contributed by atoms with Crippen molar-refractivity contribution in [2.24, 2.45) is 5.41 Å². The molecule has 1 saturated heterocycles. The molecule has 134 valence electrons. The highest BCUT2D eigenvalue weighted by atomic mass is 19.4. The zero-order chi connectivity index (χ0) is 17.8. The Kier molecular flexibility index (Phi) is 5.74. The van der Waals surface area contributed by atoms with Crippen molar-refractivity contribution in [2.75, 3.05) is 26.2 Å². The van der Waals surface area contributed by atoms with Gasteiger partial charge < -0.3 is 14.7 Å². The third kappa shape index (κ3) is 4.63. The van der Waals surface area contributed by atoms with Crippen LogP contribution in [-0.4, -0.2) is 42.2 Å². The predicted octanol–water partition coefficient (Wildman–Crippen LogP) is 3.66. The Bertz CT molecular complexity index is 576. The molecule has 1 aliphatic heterocycles. The predicted molar refractivity (Wildman–Crippen MR) is 83.0 cm³/mol. The lowest BCUT2D eigenvalue weighted by atomic mass is 9.90. The number of unbranched alkanes of at least 4 members (excludes halogenated alkanes) is 1. The second-order valence-corrected chi connectivity index (χ2v) is 6.44. The van der Waals surface area contributed by atoms with Crippen LogP contribution in [0.4, 0.5) is 13.2 Å². The molecule has 1 aliphatic rings. The minimum atomic E-state index is -4.42. The highest BCUT2D eigenvalue weighted by molar-refractivity contribution is 5.74. The second kappa shape index (κ2) is 7.42. The molecule has 24 heavy (non-hydrogen) atoms. The molecule has 1 unspecified atom stereocenters. The number of aliphatic carboxylic acids is 1. The van der Waals surface area contributed by atoms with Gasteiger partial charge in [-0.05, 0) is 51.4 Å².